The Morgan fingerprint density at radius 1 is 1.23 bits per heavy atom. The fraction of sp³-hybridized carbons (Fsp3) is 0.667. The molecule has 1 aliphatic carbocycles. The highest BCUT2D eigenvalue weighted by atomic mass is 16.5. The number of hydrogen-bond acceptors (Lipinski definition) is 6. The van der Waals surface area contributed by atoms with E-state index < -0.39 is 0 Å². The van der Waals surface area contributed by atoms with E-state index in [1.165, 1.54) is 25.7 Å². The minimum atomic E-state index is 0.150. The molecule has 0 bridgehead atoms. The SMILES string of the molecule is O=C(CC1CCCC1)NCCn1ncc2c(N3CCOCC3)ncnc21. The van der Waals surface area contributed by atoms with Crippen molar-refractivity contribution in [3.8, 4) is 0 Å². The van der Waals surface area contributed by atoms with Gasteiger partial charge in [0.05, 0.1) is 31.3 Å². The number of amides is 1. The minimum absolute atomic E-state index is 0.150. The lowest BCUT2D eigenvalue weighted by Crippen LogP contribution is -2.36. The second kappa shape index (κ2) is 7.99. The summed E-state index contributed by atoms with van der Waals surface area (Å²) < 4.78 is 7.26. The largest absolute Gasteiger partial charge is 0.378 e. The van der Waals surface area contributed by atoms with Gasteiger partial charge in [-0.05, 0) is 18.8 Å². The maximum Gasteiger partial charge on any atom is 0.220 e. The van der Waals surface area contributed by atoms with Gasteiger partial charge in [0.25, 0.3) is 0 Å². The van der Waals surface area contributed by atoms with Crippen molar-refractivity contribution in [2.75, 3.05) is 37.7 Å². The average molecular weight is 358 g/mol. The first kappa shape index (κ1) is 17.2. The Balaban J connectivity index is 1.37. The number of rotatable bonds is 6. The highest BCUT2D eigenvalue weighted by molar-refractivity contribution is 5.86. The third-order valence-corrected chi connectivity index (χ3v) is 5.32. The van der Waals surface area contributed by atoms with Crippen LogP contribution in [0, 0.1) is 5.92 Å². The summed E-state index contributed by atoms with van der Waals surface area (Å²) >= 11 is 0. The first-order valence-corrected chi connectivity index (χ1v) is 9.57. The summed E-state index contributed by atoms with van der Waals surface area (Å²) in [5.41, 5.74) is 0.812. The third-order valence-electron chi connectivity index (χ3n) is 5.32. The zero-order chi connectivity index (χ0) is 17.8. The van der Waals surface area contributed by atoms with Crippen molar-refractivity contribution in [3.05, 3.63) is 12.5 Å². The van der Waals surface area contributed by atoms with Crippen LogP contribution in [0.5, 0.6) is 0 Å². The Kier molecular flexibility index (Phi) is 5.29. The molecular formula is C18H26N6O2. The first-order chi connectivity index (χ1) is 12.8. The average Bonchev–Trinajstić information content (AvgIpc) is 3.32. The number of aromatic nitrogens is 4. The van der Waals surface area contributed by atoms with Gasteiger partial charge < -0.3 is 15.0 Å². The molecule has 3 heterocycles. The predicted octanol–water partition coefficient (Wildman–Crippen LogP) is 1.36. The molecule has 2 fully saturated rings. The van der Waals surface area contributed by atoms with Crippen LogP contribution in [0.15, 0.2) is 12.5 Å². The van der Waals surface area contributed by atoms with Crippen molar-refractivity contribution >= 4 is 22.8 Å². The standard InChI is InChI=1S/C18H26N6O2/c25-16(11-14-3-1-2-4-14)19-5-6-24-18-15(12-22-24)17(20-13-21-18)23-7-9-26-10-8-23/h12-14H,1-11H2,(H,19,25). The highest BCUT2D eigenvalue weighted by Gasteiger charge is 2.19. The number of carbonyl (C=O) groups excluding carboxylic acids is 1. The van der Waals surface area contributed by atoms with Crippen LogP contribution >= 0.6 is 0 Å². The minimum Gasteiger partial charge on any atom is -0.378 e. The van der Waals surface area contributed by atoms with Crippen molar-refractivity contribution in [2.24, 2.45) is 5.92 Å². The van der Waals surface area contributed by atoms with Crippen molar-refractivity contribution in [2.45, 2.75) is 38.6 Å². The lowest BCUT2D eigenvalue weighted by molar-refractivity contribution is -0.122. The molecule has 0 radical (unpaired) electrons. The van der Waals surface area contributed by atoms with Crippen molar-refractivity contribution in [3.63, 3.8) is 0 Å². The molecule has 2 aromatic rings. The molecule has 1 saturated heterocycles. The zero-order valence-corrected chi connectivity index (χ0v) is 15.1. The Morgan fingerprint density at radius 2 is 2.04 bits per heavy atom. The van der Waals surface area contributed by atoms with Crippen molar-refractivity contribution in [1.29, 1.82) is 0 Å². The number of morpholine rings is 1. The third kappa shape index (κ3) is 3.80. The summed E-state index contributed by atoms with van der Waals surface area (Å²) in [4.78, 5) is 23.1. The van der Waals surface area contributed by atoms with E-state index in [2.05, 4.69) is 25.3 Å². The molecule has 1 amide bonds. The Bertz CT molecular complexity index is 749. The van der Waals surface area contributed by atoms with Crippen LogP contribution in [0.2, 0.25) is 0 Å². The molecule has 0 spiro atoms. The predicted molar refractivity (Wildman–Crippen MR) is 97.9 cm³/mol. The van der Waals surface area contributed by atoms with E-state index in [9.17, 15) is 4.79 Å². The molecule has 0 aromatic carbocycles. The Labute approximate surface area is 152 Å². The second-order valence-electron chi connectivity index (χ2n) is 7.11. The summed E-state index contributed by atoms with van der Waals surface area (Å²) in [6.07, 6.45) is 8.98. The van der Waals surface area contributed by atoms with Gasteiger partial charge in [-0.1, -0.05) is 12.8 Å². The van der Waals surface area contributed by atoms with Crippen LogP contribution in [0.1, 0.15) is 32.1 Å². The van der Waals surface area contributed by atoms with Gasteiger partial charge in [0, 0.05) is 26.1 Å². The van der Waals surface area contributed by atoms with Gasteiger partial charge in [-0.15, -0.1) is 0 Å². The van der Waals surface area contributed by atoms with E-state index in [0.29, 0.717) is 38.6 Å². The maximum atomic E-state index is 12.1. The van der Waals surface area contributed by atoms with E-state index in [1.807, 2.05) is 10.9 Å². The molecule has 8 heteroatoms. The van der Waals surface area contributed by atoms with Crippen LogP contribution in [0.25, 0.3) is 11.0 Å². The summed E-state index contributed by atoms with van der Waals surface area (Å²) in [5, 5.41) is 8.43. The van der Waals surface area contributed by atoms with Crippen LogP contribution in [0.4, 0.5) is 5.82 Å². The van der Waals surface area contributed by atoms with E-state index in [4.69, 9.17) is 4.74 Å². The molecule has 4 rings (SSSR count). The molecule has 8 nitrogen and oxygen atoms in total. The van der Waals surface area contributed by atoms with Crippen molar-refractivity contribution in [1.82, 2.24) is 25.1 Å². The molecule has 0 atom stereocenters. The van der Waals surface area contributed by atoms with Crippen LogP contribution in [-0.4, -0.2) is 58.5 Å². The van der Waals surface area contributed by atoms with E-state index in [-0.39, 0.29) is 5.91 Å². The fourth-order valence-corrected chi connectivity index (χ4v) is 3.92. The van der Waals surface area contributed by atoms with Gasteiger partial charge in [-0.3, -0.25) is 4.79 Å². The maximum absolute atomic E-state index is 12.1. The monoisotopic (exact) mass is 358 g/mol. The lowest BCUT2D eigenvalue weighted by atomic mass is 10.0. The van der Waals surface area contributed by atoms with Gasteiger partial charge in [-0.25, -0.2) is 14.6 Å². The topological polar surface area (TPSA) is 85.2 Å². The van der Waals surface area contributed by atoms with Crippen molar-refractivity contribution < 1.29 is 9.53 Å². The van der Waals surface area contributed by atoms with E-state index in [0.717, 1.165) is 29.9 Å². The molecule has 140 valence electrons. The number of carbonyl (C=O) groups is 1. The number of ether oxygens (including phenoxy) is 1. The Hall–Kier alpha value is -2.22. The zero-order valence-electron chi connectivity index (χ0n) is 15.1. The smallest absolute Gasteiger partial charge is 0.220 e. The molecule has 0 unspecified atom stereocenters. The molecule has 2 aliphatic rings. The van der Waals surface area contributed by atoms with Crippen LogP contribution in [0.3, 0.4) is 0 Å². The van der Waals surface area contributed by atoms with Gasteiger partial charge in [0.1, 0.15) is 12.1 Å². The molecule has 2 aromatic heterocycles. The van der Waals surface area contributed by atoms with Crippen LogP contribution in [-0.2, 0) is 16.1 Å². The highest BCUT2D eigenvalue weighted by Crippen LogP contribution is 2.27. The van der Waals surface area contributed by atoms with Gasteiger partial charge in [-0.2, -0.15) is 5.10 Å². The lowest BCUT2D eigenvalue weighted by Gasteiger charge is -2.27. The Morgan fingerprint density at radius 3 is 2.85 bits per heavy atom. The number of hydrogen-bond donors (Lipinski definition) is 1. The summed E-state index contributed by atoms with van der Waals surface area (Å²) in [5.74, 6) is 1.64. The second-order valence-corrected chi connectivity index (χ2v) is 7.11. The first-order valence-electron chi connectivity index (χ1n) is 9.57. The van der Waals surface area contributed by atoms with Gasteiger partial charge >= 0.3 is 0 Å². The quantitative estimate of drug-likeness (QED) is 0.839. The molecule has 1 saturated carbocycles. The normalized spacial score (nSPS) is 18.5. The molecular weight excluding hydrogens is 332 g/mol. The summed E-state index contributed by atoms with van der Waals surface area (Å²) in [6, 6.07) is 0. The van der Waals surface area contributed by atoms with Gasteiger partial charge in [0.15, 0.2) is 5.65 Å². The number of nitrogens with one attached hydrogen (secondary N) is 1. The molecule has 1 aliphatic heterocycles. The number of anilines is 1. The number of fused-ring (bicyclic) bond motifs is 1. The van der Waals surface area contributed by atoms with Crippen LogP contribution < -0.4 is 10.2 Å². The van der Waals surface area contributed by atoms with Gasteiger partial charge in [0.2, 0.25) is 5.91 Å². The fourth-order valence-electron chi connectivity index (χ4n) is 3.92. The molecule has 1 N–H and O–H groups in total. The molecule has 26 heavy (non-hydrogen) atoms. The van der Waals surface area contributed by atoms with E-state index in [1.54, 1.807) is 6.33 Å². The van der Waals surface area contributed by atoms with E-state index >= 15 is 0 Å². The summed E-state index contributed by atoms with van der Waals surface area (Å²) in [7, 11) is 0. The summed E-state index contributed by atoms with van der Waals surface area (Å²) in [6.45, 7) is 4.26. The number of nitrogens with zero attached hydrogens (tertiary/aromatic N) is 5.